The molecule has 4 amide bonds. The van der Waals surface area contributed by atoms with Crippen LogP contribution in [0.5, 0.6) is 5.75 Å². The number of aliphatic carboxylic acids is 1. The standard InChI is InChI=1S/C24H27N7O8S2/c1-24(2,3)39-23(38)27-13(10-4-6-12(32)7-5-10)18(34)26-15-20(35)31-16(22(36)37)11(9-41-21(15)31)8-40-19-14(17(25)33)28-30-29-19/h4-7,13,15,21,32H,8-9H2,1-3H3,(H2,25,33)(H,26,34)(H,27,38)(H,36,37)(H,28,29,30)/t13?,15?,21-/m0/s1. The highest BCUT2D eigenvalue weighted by Crippen LogP contribution is 2.41. The lowest BCUT2D eigenvalue weighted by Gasteiger charge is -2.49. The van der Waals surface area contributed by atoms with Gasteiger partial charge >= 0.3 is 12.1 Å². The number of rotatable bonds is 9. The number of β-lactam (4-membered cyclic amide) rings is 1. The van der Waals surface area contributed by atoms with Crippen molar-refractivity contribution in [3.8, 4) is 5.75 Å². The Morgan fingerprint density at radius 1 is 1.24 bits per heavy atom. The van der Waals surface area contributed by atoms with Crippen molar-refractivity contribution >= 4 is 53.3 Å². The smallest absolute Gasteiger partial charge is 0.408 e. The second-order valence-electron chi connectivity index (χ2n) is 9.95. The van der Waals surface area contributed by atoms with E-state index in [1.165, 1.54) is 36.0 Å². The van der Waals surface area contributed by atoms with Crippen LogP contribution in [0, 0.1) is 0 Å². The summed E-state index contributed by atoms with van der Waals surface area (Å²) in [6.07, 6.45) is -0.871. The number of carboxylic acid groups (broad SMARTS) is 1. The van der Waals surface area contributed by atoms with E-state index in [4.69, 9.17) is 10.5 Å². The van der Waals surface area contributed by atoms with Gasteiger partial charge in [0.2, 0.25) is 5.91 Å². The Balaban J connectivity index is 1.50. The molecule has 0 aliphatic carbocycles. The van der Waals surface area contributed by atoms with E-state index in [0.29, 0.717) is 11.1 Å². The largest absolute Gasteiger partial charge is 0.508 e. The molecule has 1 saturated heterocycles. The van der Waals surface area contributed by atoms with Crippen LogP contribution < -0.4 is 16.4 Å². The van der Waals surface area contributed by atoms with Gasteiger partial charge in [-0.05, 0) is 44.0 Å². The van der Waals surface area contributed by atoms with Crippen molar-refractivity contribution in [2.75, 3.05) is 11.5 Å². The molecule has 41 heavy (non-hydrogen) atoms. The van der Waals surface area contributed by atoms with Crippen LogP contribution in [0.4, 0.5) is 4.79 Å². The predicted octanol–water partition coefficient (Wildman–Crippen LogP) is 0.706. The summed E-state index contributed by atoms with van der Waals surface area (Å²) in [5, 5.41) is 34.0. The Morgan fingerprint density at radius 3 is 2.54 bits per heavy atom. The van der Waals surface area contributed by atoms with E-state index in [1.807, 2.05) is 0 Å². The van der Waals surface area contributed by atoms with E-state index in [9.17, 15) is 34.2 Å². The van der Waals surface area contributed by atoms with Gasteiger partial charge in [0.15, 0.2) is 10.7 Å². The molecule has 0 radical (unpaired) electrons. The number of primary amides is 1. The lowest BCUT2D eigenvalue weighted by molar-refractivity contribution is -0.151. The summed E-state index contributed by atoms with van der Waals surface area (Å²) in [6, 6.07) is 3.23. The van der Waals surface area contributed by atoms with Gasteiger partial charge < -0.3 is 31.3 Å². The average molecular weight is 606 g/mol. The minimum atomic E-state index is -1.33. The van der Waals surface area contributed by atoms with E-state index in [2.05, 4.69) is 26.0 Å². The second kappa shape index (κ2) is 11.7. The first-order valence-corrected chi connectivity index (χ1v) is 14.1. The van der Waals surface area contributed by atoms with Crippen LogP contribution >= 0.6 is 23.5 Å². The molecule has 17 heteroatoms. The molecule has 0 bridgehead atoms. The molecule has 3 atom stereocenters. The van der Waals surface area contributed by atoms with Gasteiger partial charge in [-0.25, -0.2) is 9.59 Å². The number of aromatic amines is 1. The number of carboxylic acids is 1. The number of fused-ring (bicyclic) bond motifs is 1. The number of aromatic hydroxyl groups is 1. The number of phenols is 1. The first-order chi connectivity index (χ1) is 19.3. The van der Waals surface area contributed by atoms with Crippen LogP contribution in [0.25, 0.3) is 0 Å². The fraction of sp³-hybridized carbons (Fsp3) is 0.375. The molecule has 1 fully saturated rings. The van der Waals surface area contributed by atoms with Crippen molar-refractivity contribution in [2.45, 2.75) is 48.9 Å². The SMILES string of the molecule is CC(C)(C)OC(=O)NC(C(=O)NC1C(=O)N2C(C(=O)O)=C(CSc3n[nH]nc3C(N)=O)CS[C@@H]12)c1ccc(O)cc1. The highest BCUT2D eigenvalue weighted by molar-refractivity contribution is 8.01. The van der Waals surface area contributed by atoms with E-state index < -0.39 is 52.8 Å². The summed E-state index contributed by atoms with van der Waals surface area (Å²) in [5.74, 6) is -3.23. The van der Waals surface area contributed by atoms with Gasteiger partial charge in [0.05, 0.1) is 0 Å². The topological polar surface area (TPSA) is 230 Å². The molecule has 1 aromatic heterocycles. The Hall–Kier alpha value is -4.25. The van der Waals surface area contributed by atoms with Crippen molar-refractivity contribution in [1.82, 2.24) is 30.9 Å². The molecule has 3 heterocycles. The number of aromatic nitrogens is 3. The van der Waals surface area contributed by atoms with Gasteiger partial charge in [-0.3, -0.25) is 19.3 Å². The number of carbonyl (C=O) groups is 5. The summed E-state index contributed by atoms with van der Waals surface area (Å²) in [6.45, 7) is 4.98. The normalized spacial score (nSPS) is 19.1. The number of benzene rings is 1. The van der Waals surface area contributed by atoms with Crippen molar-refractivity contribution in [1.29, 1.82) is 0 Å². The number of hydrogen-bond donors (Lipinski definition) is 6. The molecule has 7 N–H and O–H groups in total. The number of ether oxygens (including phenoxy) is 1. The van der Waals surface area contributed by atoms with Crippen molar-refractivity contribution < 1.29 is 38.9 Å². The van der Waals surface area contributed by atoms with E-state index in [-0.39, 0.29) is 33.7 Å². The van der Waals surface area contributed by atoms with Gasteiger partial charge in [0, 0.05) is 11.5 Å². The highest BCUT2D eigenvalue weighted by Gasteiger charge is 2.54. The maximum Gasteiger partial charge on any atom is 0.408 e. The molecule has 0 spiro atoms. The number of hydrogen-bond acceptors (Lipinski definition) is 11. The molecule has 2 aliphatic rings. The first-order valence-electron chi connectivity index (χ1n) is 12.1. The number of nitrogens with one attached hydrogen (secondary N) is 3. The number of H-pyrrole nitrogens is 1. The molecule has 218 valence electrons. The summed E-state index contributed by atoms with van der Waals surface area (Å²) in [4.78, 5) is 63.7. The third kappa shape index (κ3) is 6.57. The molecule has 15 nitrogen and oxygen atoms in total. The molecule has 0 saturated carbocycles. The lowest BCUT2D eigenvalue weighted by Crippen LogP contribution is -2.71. The van der Waals surface area contributed by atoms with Crippen molar-refractivity contribution in [3.63, 3.8) is 0 Å². The Labute approximate surface area is 241 Å². The van der Waals surface area contributed by atoms with Crippen LogP contribution in [-0.2, 0) is 19.1 Å². The fourth-order valence-electron chi connectivity index (χ4n) is 4.06. The third-order valence-corrected chi connectivity index (χ3v) is 8.22. The minimum absolute atomic E-state index is 0.0510. The zero-order chi connectivity index (χ0) is 30.1. The number of thioether (sulfide) groups is 2. The van der Waals surface area contributed by atoms with Crippen molar-refractivity contribution in [2.24, 2.45) is 5.73 Å². The van der Waals surface area contributed by atoms with Gasteiger partial charge in [-0.2, -0.15) is 5.21 Å². The summed E-state index contributed by atoms with van der Waals surface area (Å²) in [5.41, 5.74) is 4.86. The average Bonchev–Trinajstić information content (AvgIpc) is 3.37. The minimum Gasteiger partial charge on any atom is -0.508 e. The molecule has 1 aromatic carbocycles. The maximum atomic E-state index is 13.3. The van der Waals surface area contributed by atoms with Gasteiger partial charge in [0.25, 0.3) is 11.8 Å². The third-order valence-electron chi connectivity index (χ3n) is 5.83. The molecular weight excluding hydrogens is 578 g/mol. The van der Waals surface area contributed by atoms with Crippen LogP contribution in [0.1, 0.15) is 42.9 Å². The quantitative estimate of drug-likeness (QED) is 0.171. The van der Waals surface area contributed by atoms with Crippen LogP contribution in [0.2, 0.25) is 0 Å². The predicted molar refractivity (Wildman–Crippen MR) is 146 cm³/mol. The van der Waals surface area contributed by atoms with E-state index >= 15 is 0 Å². The Kier molecular flexibility index (Phi) is 8.48. The first kappa shape index (κ1) is 29.7. The molecule has 2 unspecified atom stereocenters. The maximum absolute atomic E-state index is 13.3. The monoisotopic (exact) mass is 605 g/mol. The van der Waals surface area contributed by atoms with E-state index in [0.717, 1.165) is 16.7 Å². The number of phenolic OH excluding ortho intramolecular Hbond substituents is 1. The zero-order valence-electron chi connectivity index (χ0n) is 22.0. The summed E-state index contributed by atoms with van der Waals surface area (Å²) in [7, 11) is 0. The number of nitrogens with zero attached hydrogens (tertiary/aromatic N) is 3. The zero-order valence-corrected chi connectivity index (χ0v) is 23.7. The van der Waals surface area contributed by atoms with Crippen LogP contribution in [0.3, 0.4) is 0 Å². The summed E-state index contributed by atoms with van der Waals surface area (Å²) >= 11 is 2.29. The Bertz CT molecular complexity index is 1420. The molecular formula is C24H27N7O8S2. The van der Waals surface area contributed by atoms with Gasteiger partial charge in [-0.15, -0.1) is 22.0 Å². The fourth-order valence-corrected chi connectivity index (χ4v) is 6.47. The highest BCUT2D eigenvalue weighted by atomic mass is 32.2. The van der Waals surface area contributed by atoms with E-state index in [1.54, 1.807) is 20.8 Å². The second-order valence-corrected chi connectivity index (χ2v) is 12.0. The lowest BCUT2D eigenvalue weighted by atomic mass is 10.0. The Morgan fingerprint density at radius 2 is 1.93 bits per heavy atom. The number of nitrogens with two attached hydrogens (primary N) is 1. The van der Waals surface area contributed by atoms with Crippen LogP contribution in [0.15, 0.2) is 40.6 Å². The summed E-state index contributed by atoms with van der Waals surface area (Å²) < 4.78 is 5.27. The van der Waals surface area contributed by atoms with Gasteiger partial charge in [-0.1, -0.05) is 23.9 Å². The van der Waals surface area contributed by atoms with Crippen molar-refractivity contribution in [3.05, 3.63) is 46.8 Å². The number of alkyl carbamates (subject to hydrolysis) is 1. The molecule has 2 aliphatic heterocycles. The molecule has 4 rings (SSSR count). The van der Waals surface area contributed by atoms with Crippen LogP contribution in [-0.4, -0.2) is 88.8 Å². The number of carbonyl (C=O) groups excluding carboxylic acids is 4. The molecule has 2 aromatic rings. The van der Waals surface area contributed by atoms with Gasteiger partial charge in [0.1, 0.15) is 34.5 Å². The number of amides is 4.